The van der Waals surface area contributed by atoms with Gasteiger partial charge in [-0.1, -0.05) is 0 Å². The Kier molecular flexibility index (Phi) is 5.24. The van der Waals surface area contributed by atoms with E-state index in [1.54, 1.807) is 18.7 Å². The highest BCUT2D eigenvalue weighted by Gasteiger charge is 2.06. The summed E-state index contributed by atoms with van der Waals surface area (Å²) < 4.78 is 0. The summed E-state index contributed by atoms with van der Waals surface area (Å²) in [6.07, 6.45) is 2.57. The van der Waals surface area contributed by atoms with Crippen LogP contribution in [0.15, 0.2) is 0 Å². The van der Waals surface area contributed by atoms with E-state index in [2.05, 4.69) is 0 Å². The Morgan fingerprint density at radius 3 is 2.56 bits per heavy atom. The molecule has 0 saturated carbocycles. The molecular formula is C6H15NOS. The molecule has 0 rings (SSSR count). The van der Waals surface area contributed by atoms with Crippen molar-refractivity contribution < 1.29 is 5.11 Å². The molecule has 0 heterocycles. The Labute approximate surface area is 60.8 Å². The van der Waals surface area contributed by atoms with E-state index in [1.807, 2.05) is 6.26 Å². The molecule has 9 heavy (non-hydrogen) atoms. The first kappa shape index (κ1) is 9.27. The van der Waals surface area contributed by atoms with Crippen LogP contribution < -0.4 is 5.73 Å². The van der Waals surface area contributed by atoms with E-state index in [0.29, 0.717) is 0 Å². The molecule has 3 heteroatoms. The van der Waals surface area contributed by atoms with E-state index in [-0.39, 0.29) is 12.1 Å². The molecule has 0 bridgehead atoms. The zero-order valence-corrected chi connectivity index (χ0v) is 6.82. The van der Waals surface area contributed by atoms with Gasteiger partial charge in [0.1, 0.15) is 0 Å². The summed E-state index contributed by atoms with van der Waals surface area (Å²) in [6.45, 7) is 1.73. The topological polar surface area (TPSA) is 46.2 Å². The SMILES string of the molecule is CSCCC(N)C(C)O. The van der Waals surface area contributed by atoms with Gasteiger partial charge in [-0.05, 0) is 25.4 Å². The number of aliphatic hydroxyl groups is 1. The Morgan fingerprint density at radius 2 is 2.22 bits per heavy atom. The van der Waals surface area contributed by atoms with Crippen LogP contribution in [-0.4, -0.2) is 29.3 Å². The quantitative estimate of drug-likeness (QED) is 0.610. The minimum absolute atomic E-state index is 0.0440. The molecule has 0 fully saturated rings. The van der Waals surface area contributed by atoms with Crippen LogP contribution in [0.3, 0.4) is 0 Å². The third-order valence-corrected chi connectivity index (χ3v) is 1.92. The molecule has 2 unspecified atom stereocenters. The van der Waals surface area contributed by atoms with Crippen LogP contribution in [0.5, 0.6) is 0 Å². The fraction of sp³-hybridized carbons (Fsp3) is 1.00. The maximum absolute atomic E-state index is 8.91. The van der Waals surface area contributed by atoms with Gasteiger partial charge in [0, 0.05) is 6.04 Å². The maximum Gasteiger partial charge on any atom is 0.0663 e. The van der Waals surface area contributed by atoms with Crippen molar-refractivity contribution in [3.05, 3.63) is 0 Å². The van der Waals surface area contributed by atoms with Crippen molar-refractivity contribution in [1.82, 2.24) is 0 Å². The summed E-state index contributed by atoms with van der Waals surface area (Å²) in [4.78, 5) is 0. The summed E-state index contributed by atoms with van der Waals surface area (Å²) >= 11 is 1.76. The van der Waals surface area contributed by atoms with Crippen molar-refractivity contribution in [2.75, 3.05) is 12.0 Å². The van der Waals surface area contributed by atoms with Gasteiger partial charge in [-0.15, -0.1) is 0 Å². The molecule has 0 amide bonds. The molecule has 0 radical (unpaired) electrons. The zero-order chi connectivity index (χ0) is 7.28. The van der Waals surface area contributed by atoms with Crippen LogP contribution in [0.25, 0.3) is 0 Å². The second-order valence-corrected chi connectivity index (χ2v) is 3.17. The van der Waals surface area contributed by atoms with Crippen molar-refractivity contribution in [2.45, 2.75) is 25.5 Å². The van der Waals surface area contributed by atoms with E-state index in [4.69, 9.17) is 10.8 Å². The van der Waals surface area contributed by atoms with Crippen LogP contribution >= 0.6 is 11.8 Å². The predicted octanol–water partition coefficient (Wildman–Crippen LogP) is 0.448. The molecular weight excluding hydrogens is 134 g/mol. The molecule has 2 atom stereocenters. The monoisotopic (exact) mass is 149 g/mol. The van der Waals surface area contributed by atoms with Gasteiger partial charge in [0.05, 0.1) is 6.10 Å². The lowest BCUT2D eigenvalue weighted by Crippen LogP contribution is -2.32. The summed E-state index contributed by atoms with van der Waals surface area (Å²) in [5, 5.41) is 8.91. The first-order valence-electron chi connectivity index (χ1n) is 3.11. The predicted molar refractivity (Wildman–Crippen MR) is 42.7 cm³/mol. The molecule has 0 aliphatic carbocycles. The summed E-state index contributed by atoms with van der Waals surface area (Å²) in [5.41, 5.74) is 5.54. The lowest BCUT2D eigenvalue weighted by Gasteiger charge is -2.12. The molecule has 3 N–H and O–H groups in total. The number of thioether (sulfide) groups is 1. The van der Waals surface area contributed by atoms with Gasteiger partial charge >= 0.3 is 0 Å². The van der Waals surface area contributed by atoms with Crippen LogP contribution in [0.1, 0.15) is 13.3 Å². The molecule has 0 spiro atoms. The van der Waals surface area contributed by atoms with Crippen LogP contribution in [0.4, 0.5) is 0 Å². The average molecular weight is 149 g/mol. The van der Waals surface area contributed by atoms with Gasteiger partial charge in [0.2, 0.25) is 0 Å². The van der Waals surface area contributed by atoms with Gasteiger partial charge in [-0.2, -0.15) is 11.8 Å². The zero-order valence-electron chi connectivity index (χ0n) is 6.00. The standard InChI is InChI=1S/C6H15NOS/c1-5(8)6(7)3-4-9-2/h5-6,8H,3-4,7H2,1-2H3. The first-order chi connectivity index (χ1) is 4.18. The van der Waals surface area contributed by atoms with Gasteiger partial charge in [-0.25, -0.2) is 0 Å². The molecule has 56 valence electrons. The third kappa shape index (κ3) is 4.75. The highest BCUT2D eigenvalue weighted by atomic mass is 32.2. The van der Waals surface area contributed by atoms with E-state index in [1.165, 1.54) is 0 Å². The minimum Gasteiger partial charge on any atom is -0.392 e. The molecule has 2 nitrogen and oxygen atoms in total. The van der Waals surface area contributed by atoms with E-state index in [0.717, 1.165) is 12.2 Å². The molecule has 0 aromatic heterocycles. The molecule has 0 aliphatic heterocycles. The average Bonchev–Trinajstić information content (AvgIpc) is 1.82. The van der Waals surface area contributed by atoms with E-state index >= 15 is 0 Å². The number of hydrogen-bond acceptors (Lipinski definition) is 3. The Morgan fingerprint density at radius 1 is 1.67 bits per heavy atom. The van der Waals surface area contributed by atoms with Crippen LogP contribution in [0, 0.1) is 0 Å². The highest BCUT2D eigenvalue weighted by Crippen LogP contribution is 2.01. The number of rotatable bonds is 4. The van der Waals surface area contributed by atoms with Crippen molar-refractivity contribution >= 4 is 11.8 Å². The minimum atomic E-state index is -0.364. The Bertz CT molecular complexity index is 68.1. The number of nitrogens with two attached hydrogens (primary N) is 1. The van der Waals surface area contributed by atoms with E-state index < -0.39 is 0 Å². The van der Waals surface area contributed by atoms with Crippen LogP contribution in [-0.2, 0) is 0 Å². The largest absolute Gasteiger partial charge is 0.392 e. The van der Waals surface area contributed by atoms with Crippen molar-refractivity contribution in [3.63, 3.8) is 0 Å². The van der Waals surface area contributed by atoms with Gasteiger partial charge < -0.3 is 10.8 Å². The lowest BCUT2D eigenvalue weighted by molar-refractivity contribution is 0.162. The van der Waals surface area contributed by atoms with Crippen molar-refractivity contribution in [2.24, 2.45) is 5.73 Å². The molecule has 0 aromatic carbocycles. The summed E-state index contributed by atoms with van der Waals surface area (Å²) in [5.74, 6) is 1.03. The highest BCUT2D eigenvalue weighted by molar-refractivity contribution is 7.98. The lowest BCUT2D eigenvalue weighted by atomic mass is 10.1. The second kappa shape index (κ2) is 5.09. The Hall–Kier alpha value is 0.270. The molecule has 0 aromatic rings. The van der Waals surface area contributed by atoms with Crippen molar-refractivity contribution in [1.29, 1.82) is 0 Å². The Balaban J connectivity index is 3.16. The van der Waals surface area contributed by atoms with E-state index in [9.17, 15) is 0 Å². The summed E-state index contributed by atoms with van der Waals surface area (Å²) in [6, 6.07) is -0.0440. The van der Waals surface area contributed by atoms with Crippen molar-refractivity contribution in [3.8, 4) is 0 Å². The number of hydrogen-bond donors (Lipinski definition) is 2. The second-order valence-electron chi connectivity index (χ2n) is 2.19. The molecule has 0 saturated heterocycles. The normalized spacial score (nSPS) is 17.3. The fourth-order valence-corrected chi connectivity index (χ4v) is 1.00. The third-order valence-electron chi connectivity index (χ3n) is 1.27. The first-order valence-corrected chi connectivity index (χ1v) is 4.50. The number of aliphatic hydroxyl groups excluding tert-OH is 1. The van der Waals surface area contributed by atoms with Gasteiger partial charge in [0.25, 0.3) is 0 Å². The van der Waals surface area contributed by atoms with Gasteiger partial charge in [-0.3, -0.25) is 0 Å². The smallest absolute Gasteiger partial charge is 0.0663 e. The van der Waals surface area contributed by atoms with Gasteiger partial charge in [0.15, 0.2) is 0 Å². The van der Waals surface area contributed by atoms with Crippen LogP contribution in [0.2, 0.25) is 0 Å². The fourth-order valence-electron chi connectivity index (χ4n) is 0.495. The molecule has 0 aliphatic rings. The summed E-state index contributed by atoms with van der Waals surface area (Å²) in [7, 11) is 0. The maximum atomic E-state index is 8.91.